The van der Waals surface area contributed by atoms with Crippen LogP contribution in [0.5, 0.6) is 0 Å². The molecule has 1 aromatic carbocycles. The molecule has 0 radical (unpaired) electrons. The molecule has 108 valence electrons. The molecule has 0 aliphatic carbocycles. The van der Waals surface area contributed by atoms with E-state index in [2.05, 4.69) is 18.7 Å². The van der Waals surface area contributed by atoms with Gasteiger partial charge in [0.05, 0.1) is 0 Å². The molecule has 4 heteroatoms. The molecule has 0 spiro atoms. The highest BCUT2D eigenvalue weighted by Gasteiger charge is 2.24. The Labute approximate surface area is 124 Å². The van der Waals surface area contributed by atoms with Gasteiger partial charge < -0.3 is 10.0 Å². The number of piperidine rings is 1. The normalized spacial score (nSPS) is 23.2. The van der Waals surface area contributed by atoms with Gasteiger partial charge in [-0.15, -0.1) is 0 Å². The minimum atomic E-state index is -0.948. The molecule has 1 saturated heterocycles. The van der Waals surface area contributed by atoms with Crippen LogP contribution in [-0.4, -0.2) is 23.7 Å². The standard InChI is InChI=1S/C16H20ClNO2/c1-11-3-4-12(2)18(10-11)15-7-6-14(17)9-13(15)5-8-16(19)20/h5-9,11-12H,3-4,10H2,1-2H3,(H,19,20)/b8-5+. The van der Waals surface area contributed by atoms with Gasteiger partial charge in [0.15, 0.2) is 0 Å². The Morgan fingerprint density at radius 1 is 1.40 bits per heavy atom. The van der Waals surface area contributed by atoms with Gasteiger partial charge in [0.25, 0.3) is 0 Å². The molecule has 0 amide bonds. The lowest BCUT2D eigenvalue weighted by atomic mass is 9.93. The number of hydrogen-bond donors (Lipinski definition) is 1. The molecule has 3 nitrogen and oxygen atoms in total. The molecule has 2 rings (SSSR count). The molecule has 1 heterocycles. The van der Waals surface area contributed by atoms with Crippen LogP contribution in [0.3, 0.4) is 0 Å². The van der Waals surface area contributed by atoms with E-state index in [0.717, 1.165) is 30.3 Å². The average Bonchev–Trinajstić information content (AvgIpc) is 2.39. The molecule has 1 N–H and O–H groups in total. The minimum Gasteiger partial charge on any atom is -0.478 e. The number of aliphatic carboxylic acids is 1. The Morgan fingerprint density at radius 3 is 2.85 bits per heavy atom. The molecule has 1 aliphatic rings. The maximum absolute atomic E-state index is 10.7. The maximum atomic E-state index is 10.7. The largest absolute Gasteiger partial charge is 0.478 e. The van der Waals surface area contributed by atoms with Gasteiger partial charge in [0.2, 0.25) is 0 Å². The van der Waals surface area contributed by atoms with Crippen LogP contribution < -0.4 is 4.90 Å². The predicted molar refractivity (Wildman–Crippen MR) is 83.3 cm³/mol. The van der Waals surface area contributed by atoms with Gasteiger partial charge in [-0.2, -0.15) is 0 Å². The van der Waals surface area contributed by atoms with Crippen molar-refractivity contribution in [1.82, 2.24) is 0 Å². The number of benzene rings is 1. The van der Waals surface area contributed by atoms with Crippen LogP contribution in [0.25, 0.3) is 6.08 Å². The first-order valence-corrected chi connectivity index (χ1v) is 7.32. The lowest BCUT2D eigenvalue weighted by Crippen LogP contribution is -2.41. The topological polar surface area (TPSA) is 40.5 Å². The Hall–Kier alpha value is -1.48. The smallest absolute Gasteiger partial charge is 0.328 e. The fourth-order valence-electron chi connectivity index (χ4n) is 2.71. The van der Waals surface area contributed by atoms with Crippen molar-refractivity contribution in [2.24, 2.45) is 5.92 Å². The van der Waals surface area contributed by atoms with Gasteiger partial charge in [-0.25, -0.2) is 4.79 Å². The van der Waals surface area contributed by atoms with E-state index in [1.54, 1.807) is 6.08 Å². The van der Waals surface area contributed by atoms with Gasteiger partial charge in [-0.3, -0.25) is 0 Å². The minimum absolute atomic E-state index is 0.462. The number of nitrogens with zero attached hydrogens (tertiary/aromatic N) is 1. The van der Waals surface area contributed by atoms with Crippen molar-refractivity contribution in [3.8, 4) is 0 Å². The summed E-state index contributed by atoms with van der Waals surface area (Å²) in [7, 11) is 0. The molecular formula is C16H20ClNO2. The van der Waals surface area contributed by atoms with Crippen LogP contribution in [0.4, 0.5) is 5.69 Å². The third-order valence-corrected chi connectivity index (χ3v) is 4.06. The van der Waals surface area contributed by atoms with E-state index >= 15 is 0 Å². The SMILES string of the molecule is CC1CCC(C)N(c2ccc(Cl)cc2/C=C/C(=O)O)C1. The van der Waals surface area contributed by atoms with Gasteiger partial charge in [0.1, 0.15) is 0 Å². The monoisotopic (exact) mass is 293 g/mol. The lowest BCUT2D eigenvalue weighted by molar-refractivity contribution is -0.131. The van der Waals surface area contributed by atoms with Crippen LogP contribution >= 0.6 is 11.6 Å². The van der Waals surface area contributed by atoms with Crippen LogP contribution in [0.15, 0.2) is 24.3 Å². The summed E-state index contributed by atoms with van der Waals surface area (Å²) in [6, 6.07) is 6.13. The molecule has 0 saturated carbocycles. The molecule has 1 fully saturated rings. The zero-order valence-electron chi connectivity index (χ0n) is 11.8. The van der Waals surface area contributed by atoms with Gasteiger partial charge in [0, 0.05) is 29.4 Å². The van der Waals surface area contributed by atoms with E-state index in [4.69, 9.17) is 16.7 Å². The number of carboxylic acids is 1. The number of carboxylic acid groups (broad SMARTS) is 1. The lowest BCUT2D eigenvalue weighted by Gasteiger charge is -2.39. The van der Waals surface area contributed by atoms with Crippen molar-refractivity contribution in [2.45, 2.75) is 32.7 Å². The van der Waals surface area contributed by atoms with Crippen LogP contribution in [0.1, 0.15) is 32.3 Å². The first-order chi connectivity index (χ1) is 9.47. The van der Waals surface area contributed by atoms with E-state index in [9.17, 15) is 4.79 Å². The maximum Gasteiger partial charge on any atom is 0.328 e. The van der Waals surface area contributed by atoms with Crippen molar-refractivity contribution < 1.29 is 9.90 Å². The Kier molecular flexibility index (Phi) is 4.71. The molecular weight excluding hydrogens is 274 g/mol. The number of hydrogen-bond acceptors (Lipinski definition) is 2. The fraction of sp³-hybridized carbons (Fsp3) is 0.438. The summed E-state index contributed by atoms with van der Waals surface area (Å²) in [5, 5.41) is 9.43. The highest BCUT2D eigenvalue weighted by molar-refractivity contribution is 6.30. The molecule has 2 unspecified atom stereocenters. The number of anilines is 1. The fourth-order valence-corrected chi connectivity index (χ4v) is 2.89. The summed E-state index contributed by atoms with van der Waals surface area (Å²) in [6.45, 7) is 5.46. The van der Waals surface area contributed by atoms with E-state index in [0.29, 0.717) is 17.0 Å². The average molecular weight is 294 g/mol. The summed E-state index contributed by atoms with van der Waals surface area (Å²) < 4.78 is 0. The first-order valence-electron chi connectivity index (χ1n) is 6.94. The van der Waals surface area contributed by atoms with Crippen molar-refractivity contribution in [3.05, 3.63) is 34.9 Å². The zero-order chi connectivity index (χ0) is 14.7. The summed E-state index contributed by atoms with van der Waals surface area (Å²) in [5.41, 5.74) is 1.92. The number of halogens is 1. The van der Waals surface area contributed by atoms with E-state index < -0.39 is 5.97 Å². The van der Waals surface area contributed by atoms with Crippen molar-refractivity contribution in [2.75, 3.05) is 11.4 Å². The second-order valence-corrected chi connectivity index (χ2v) is 6.00. The summed E-state index contributed by atoms with van der Waals surface area (Å²) in [4.78, 5) is 13.1. The molecule has 0 bridgehead atoms. The Balaban J connectivity index is 2.36. The van der Waals surface area contributed by atoms with Crippen molar-refractivity contribution in [1.29, 1.82) is 0 Å². The highest BCUT2D eigenvalue weighted by atomic mass is 35.5. The van der Waals surface area contributed by atoms with Crippen LogP contribution in [0.2, 0.25) is 5.02 Å². The zero-order valence-corrected chi connectivity index (χ0v) is 12.6. The van der Waals surface area contributed by atoms with Gasteiger partial charge >= 0.3 is 5.97 Å². The second kappa shape index (κ2) is 6.31. The number of carbonyl (C=O) groups is 1. The third kappa shape index (κ3) is 3.54. The molecule has 0 aromatic heterocycles. The second-order valence-electron chi connectivity index (χ2n) is 5.56. The number of rotatable bonds is 3. The highest BCUT2D eigenvalue weighted by Crippen LogP contribution is 2.32. The van der Waals surface area contributed by atoms with Gasteiger partial charge in [-0.1, -0.05) is 18.5 Å². The summed E-state index contributed by atoms with van der Waals surface area (Å²) in [6.07, 6.45) is 5.18. The molecule has 2 atom stereocenters. The molecule has 20 heavy (non-hydrogen) atoms. The summed E-state index contributed by atoms with van der Waals surface area (Å²) >= 11 is 6.04. The van der Waals surface area contributed by atoms with Gasteiger partial charge in [-0.05, 0) is 55.5 Å². The van der Waals surface area contributed by atoms with Crippen molar-refractivity contribution >= 4 is 29.3 Å². The van der Waals surface area contributed by atoms with Crippen LogP contribution in [0, 0.1) is 5.92 Å². The van der Waals surface area contributed by atoms with Crippen LogP contribution in [-0.2, 0) is 4.79 Å². The first kappa shape index (κ1) is 14.9. The molecule has 1 aliphatic heterocycles. The predicted octanol–water partition coefficient (Wildman–Crippen LogP) is 4.06. The Morgan fingerprint density at radius 2 is 2.15 bits per heavy atom. The molecule has 1 aromatic rings. The quantitative estimate of drug-likeness (QED) is 0.854. The van der Waals surface area contributed by atoms with E-state index in [1.165, 1.54) is 6.42 Å². The van der Waals surface area contributed by atoms with E-state index in [-0.39, 0.29) is 0 Å². The van der Waals surface area contributed by atoms with Crippen molar-refractivity contribution in [3.63, 3.8) is 0 Å². The summed E-state index contributed by atoms with van der Waals surface area (Å²) in [5.74, 6) is -0.297. The Bertz CT molecular complexity index is 527. The third-order valence-electron chi connectivity index (χ3n) is 3.82. The van der Waals surface area contributed by atoms with E-state index in [1.807, 2.05) is 18.2 Å².